The van der Waals surface area contributed by atoms with Crippen molar-refractivity contribution in [2.24, 2.45) is 0 Å². The number of aryl methyl sites for hydroxylation is 1. The van der Waals surface area contributed by atoms with Crippen LogP contribution in [0.4, 0.5) is 0 Å². The van der Waals surface area contributed by atoms with Crippen LogP contribution in [-0.4, -0.2) is 10.6 Å². The van der Waals surface area contributed by atoms with Crippen LogP contribution >= 0.6 is 0 Å². The minimum Gasteiger partial charge on any atom is -0.310 e. The maximum atomic E-state index is 12.7. The van der Waals surface area contributed by atoms with E-state index in [1.807, 2.05) is 6.07 Å². The van der Waals surface area contributed by atoms with Gasteiger partial charge < -0.3 is 9.88 Å². The highest BCUT2D eigenvalue weighted by Gasteiger charge is 2.21. The monoisotopic (exact) mass is 274 g/mol. The maximum absolute atomic E-state index is 12.7. The Morgan fingerprint density at radius 1 is 1.10 bits per heavy atom. The Labute approximate surface area is 121 Å². The molecule has 3 nitrogen and oxygen atoms in total. The van der Waals surface area contributed by atoms with Gasteiger partial charge in [-0.25, -0.2) is 0 Å². The molecule has 0 amide bonds. The van der Waals surface area contributed by atoms with Gasteiger partial charge in [0, 0.05) is 29.9 Å². The van der Waals surface area contributed by atoms with Crippen molar-refractivity contribution in [3.63, 3.8) is 0 Å². The number of hydrogen-bond acceptors (Lipinski definition) is 2. The lowest BCUT2D eigenvalue weighted by molar-refractivity contribution is 0.479. The zero-order valence-electron chi connectivity index (χ0n) is 12.5. The number of nitrogens with zero attached hydrogens (tertiary/aromatic N) is 1. The molecule has 0 bridgehead atoms. The van der Waals surface area contributed by atoms with Crippen molar-refractivity contribution < 1.29 is 0 Å². The Kier molecular flexibility index (Phi) is 4.25. The summed E-state index contributed by atoms with van der Waals surface area (Å²) in [6, 6.07) is 5.20. The third kappa shape index (κ3) is 2.83. The Hall–Kier alpha value is -1.09. The Balaban J connectivity index is 1.77. The minimum atomic E-state index is 0.238. The summed E-state index contributed by atoms with van der Waals surface area (Å²) in [5.41, 5.74) is 2.29. The summed E-state index contributed by atoms with van der Waals surface area (Å²) in [4.78, 5) is 12.7. The first-order chi connectivity index (χ1) is 9.75. The molecule has 0 aliphatic heterocycles. The van der Waals surface area contributed by atoms with Gasteiger partial charge in [0.05, 0.1) is 0 Å². The highest BCUT2D eigenvalue weighted by molar-refractivity contribution is 5.16. The van der Waals surface area contributed by atoms with E-state index in [0.29, 0.717) is 12.1 Å². The normalized spacial score (nSPS) is 20.9. The van der Waals surface area contributed by atoms with Crippen molar-refractivity contribution in [2.75, 3.05) is 0 Å². The van der Waals surface area contributed by atoms with Gasteiger partial charge in [-0.3, -0.25) is 4.79 Å². The smallest absolute Gasteiger partial charge is 0.255 e. The second kappa shape index (κ2) is 6.13. The quantitative estimate of drug-likeness (QED) is 0.914. The molecule has 2 fully saturated rings. The van der Waals surface area contributed by atoms with Crippen molar-refractivity contribution in [1.82, 2.24) is 9.88 Å². The molecule has 1 heterocycles. The molecule has 2 aliphatic carbocycles. The molecule has 0 spiro atoms. The van der Waals surface area contributed by atoms with Crippen molar-refractivity contribution in [3.8, 4) is 0 Å². The molecule has 110 valence electrons. The molecule has 1 aromatic heterocycles. The topological polar surface area (TPSA) is 34.0 Å². The van der Waals surface area contributed by atoms with Crippen LogP contribution in [0.1, 0.15) is 68.7 Å². The Morgan fingerprint density at radius 3 is 2.45 bits per heavy atom. The van der Waals surface area contributed by atoms with Crippen molar-refractivity contribution in [2.45, 2.75) is 76.9 Å². The highest BCUT2D eigenvalue weighted by Crippen LogP contribution is 2.29. The molecule has 20 heavy (non-hydrogen) atoms. The molecule has 3 heteroatoms. The van der Waals surface area contributed by atoms with Gasteiger partial charge in [0.2, 0.25) is 0 Å². The van der Waals surface area contributed by atoms with Gasteiger partial charge in [-0.2, -0.15) is 0 Å². The van der Waals surface area contributed by atoms with Gasteiger partial charge in [-0.1, -0.05) is 31.7 Å². The minimum absolute atomic E-state index is 0.238. The van der Waals surface area contributed by atoms with E-state index >= 15 is 0 Å². The largest absolute Gasteiger partial charge is 0.310 e. The SMILES string of the molecule is Cc1ccc(CNC2CCCC2)c(=O)n1C1CCCC1. The predicted octanol–water partition coefficient (Wildman–Crippen LogP) is 3.30. The van der Waals surface area contributed by atoms with Crippen LogP contribution < -0.4 is 10.9 Å². The summed E-state index contributed by atoms with van der Waals surface area (Å²) in [5, 5.41) is 3.56. The van der Waals surface area contributed by atoms with E-state index in [0.717, 1.165) is 17.8 Å². The summed E-state index contributed by atoms with van der Waals surface area (Å²) in [6.45, 7) is 2.80. The van der Waals surface area contributed by atoms with Crippen LogP contribution in [0.5, 0.6) is 0 Å². The average Bonchev–Trinajstić information content (AvgIpc) is 3.11. The van der Waals surface area contributed by atoms with Gasteiger partial charge >= 0.3 is 0 Å². The molecular weight excluding hydrogens is 248 g/mol. The van der Waals surface area contributed by atoms with Crippen LogP contribution in [-0.2, 0) is 6.54 Å². The first kappa shape index (κ1) is 13.9. The van der Waals surface area contributed by atoms with Crippen LogP contribution in [0.15, 0.2) is 16.9 Å². The predicted molar refractivity (Wildman–Crippen MR) is 82.0 cm³/mol. The fourth-order valence-electron chi connectivity index (χ4n) is 3.82. The average molecular weight is 274 g/mol. The first-order valence-corrected chi connectivity index (χ1v) is 8.20. The van der Waals surface area contributed by atoms with Crippen molar-refractivity contribution in [3.05, 3.63) is 33.7 Å². The van der Waals surface area contributed by atoms with E-state index < -0.39 is 0 Å². The van der Waals surface area contributed by atoms with Crippen LogP contribution in [0.2, 0.25) is 0 Å². The molecule has 0 aromatic carbocycles. The van der Waals surface area contributed by atoms with E-state index in [-0.39, 0.29) is 5.56 Å². The van der Waals surface area contributed by atoms with Gasteiger partial charge in [0.15, 0.2) is 0 Å². The number of aromatic nitrogens is 1. The molecule has 0 saturated heterocycles. The molecule has 3 rings (SSSR count). The molecule has 2 saturated carbocycles. The van der Waals surface area contributed by atoms with Crippen molar-refractivity contribution >= 4 is 0 Å². The lowest BCUT2D eigenvalue weighted by Crippen LogP contribution is -2.33. The number of rotatable bonds is 4. The molecule has 1 N–H and O–H groups in total. The Bertz CT molecular complexity index is 508. The van der Waals surface area contributed by atoms with Gasteiger partial charge in [-0.05, 0) is 38.7 Å². The number of nitrogens with one attached hydrogen (secondary N) is 1. The van der Waals surface area contributed by atoms with Crippen molar-refractivity contribution in [1.29, 1.82) is 0 Å². The lowest BCUT2D eigenvalue weighted by atomic mass is 10.1. The zero-order chi connectivity index (χ0) is 13.9. The van der Waals surface area contributed by atoms with E-state index in [1.165, 1.54) is 51.4 Å². The van der Waals surface area contributed by atoms with Gasteiger partial charge in [-0.15, -0.1) is 0 Å². The fraction of sp³-hybridized carbons (Fsp3) is 0.706. The summed E-state index contributed by atoms with van der Waals surface area (Å²) >= 11 is 0. The van der Waals surface area contributed by atoms with Crippen LogP contribution in [0.25, 0.3) is 0 Å². The molecular formula is C17H26N2O. The lowest BCUT2D eigenvalue weighted by Gasteiger charge is -2.19. The fourth-order valence-corrected chi connectivity index (χ4v) is 3.82. The highest BCUT2D eigenvalue weighted by atomic mass is 16.1. The molecule has 0 unspecified atom stereocenters. The molecule has 0 atom stereocenters. The van der Waals surface area contributed by atoms with E-state index in [1.54, 1.807) is 0 Å². The van der Waals surface area contributed by atoms with E-state index in [9.17, 15) is 4.79 Å². The van der Waals surface area contributed by atoms with Gasteiger partial charge in [0.25, 0.3) is 5.56 Å². The summed E-state index contributed by atoms with van der Waals surface area (Å²) in [7, 11) is 0. The maximum Gasteiger partial charge on any atom is 0.255 e. The first-order valence-electron chi connectivity index (χ1n) is 8.20. The molecule has 0 radical (unpaired) electrons. The summed E-state index contributed by atoms with van der Waals surface area (Å²) in [5.74, 6) is 0. The van der Waals surface area contributed by atoms with Crippen LogP contribution in [0.3, 0.4) is 0 Å². The molecule has 1 aromatic rings. The standard InChI is InChI=1S/C17H26N2O/c1-13-10-11-14(12-18-15-6-2-3-7-15)17(20)19(13)16-8-4-5-9-16/h10-11,15-16,18H,2-9,12H2,1H3. The summed E-state index contributed by atoms with van der Waals surface area (Å²) in [6.07, 6.45) is 10.1. The molecule has 2 aliphatic rings. The summed E-state index contributed by atoms with van der Waals surface area (Å²) < 4.78 is 2.05. The third-order valence-corrected chi connectivity index (χ3v) is 5.03. The van der Waals surface area contributed by atoms with Gasteiger partial charge in [0.1, 0.15) is 0 Å². The Morgan fingerprint density at radius 2 is 1.75 bits per heavy atom. The van der Waals surface area contributed by atoms with Crippen LogP contribution in [0, 0.1) is 6.92 Å². The number of pyridine rings is 1. The second-order valence-corrected chi connectivity index (χ2v) is 6.48. The van der Waals surface area contributed by atoms with E-state index in [4.69, 9.17) is 0 Å². The third-order valence-electron chi connectivity index (χ3n) is 5.03. The number of hydrogen-bond donors (Lipinski definition) is 1. The second-order valence-electron chi connectivity index (χ2n) is 6.48. The zero-order valence-corrected chi connectivity index (χ0v) is 12.5. The van der Waals surface area contributed by atoms with E-state index in [2.05, 4.69) is 22.9 Å².